The van der Waals surface area contributed by atoms with Crippen molar-refractivity contribution in [3.8, 4) is 0 Å². The Bertz CT molecular complexity index is 348. The highest BCUT2D eigenvalue weighted by Gasteiger charge is 2.17. The molecule has 0 bridgehead atoms. The lowest BCUT2D eigenvalue weighted by Gasteiger charge is -2.35. The van der Waals surface area contributed by atoms with Gasteiger partial charge in [0.2, 0.25) is 0 Å². The lowest BCUT2D eigenvalue weighted by molar-refractivity contribution is 0.0939. The van der Waals surface area contributed by atoms with E-state index in [-0.39, 0.29) is 6.10 Å². The molecule has 0 spiro atoms. The molecule has 1 aliphatic heterocycles. The number of aliphatic hydroxyl groups is 1. The number of nitrogens with two attached hydrogens (primary N) is 1. The van der Waals surface area contributed by atoms with Gasteiger partial charge in [0.15, 0.2) is 0 Å². The maximum Gasteiger partial charge on any atom is 0.0667 e. The van der Waals surface area contributed by atoms with Gasteiger partial charge < -0.3 is 20.6 Å². The first-order valence-corrected chi connectivity index (χ1v) is 12.7. The van der Waals surface area contributed by atoms with Crippen molar-refractivity contribution in [1.29, 1.82) is 0 Å². The first-order valence-electron chi connectivity index (χ1n) is 12.7. The van der Waals surface area contributed by atoms with Gasteiger partial charge in [-0.1, -0.05) is 64.7 Å². The zero-order valence-electron chi connectivity index (χ0n) is 19.8. The molecule has 1 heterocycles. The van der Waals surface area contributed by atoms with Gasteiger partial charge in [-0.3, -0.25) is 4.90 Å². The van der Waals surface area contributed by atoms with Gasteiger partial charge >= 0.3 is 0 Å². The number of unbranched alkanes of at least 4 members (excludes halogenated alkanes) is 9. The number of hydrogen-bond donors (Lipinski definition) is 2. The summed E-state index contributed by atoms with van der Waals surface area (Å²) in [6, 6.07) is 0. The molecule has 3 N–H and O–H groups in total. The van der Waals surface area contributed by atoms with Crippen molar-refractivity contribution in [2.45, 2.75) is 90.1 Å². The Kier molecular flexibility index (Phi) is 17.2. The first-order chi connectivity index (χ1) is 14.2. The second-order valence-corrected chi connectivity index (χ2v) is 9.21. The molecule has 0 amide bonds. The second kappa shape index (κ2) is 18.6. The number of hydrogen-bond acceptors (Lipinski definition) is 5. The van der Waals surface area contributed by atoms with E-state index in [1.54, 1.807) is 0 Å². The fourth-order valence-corrected chi connectivity index (χ4v) is 4.26. The second-order valence-electron chi connectivity index (χ2n) is 9.21. The third kappa shape index (κ3) is 15.3. The molecule has 1 fully saturated rings. The maximum atomic E-state index is 10.3. The highest BCUT2D eigenvalue weighted by atomic mass is 16.3. The maximum absolute atomic E-state index is 10.3. The van der Waals surface area contributed by atoms with Crippen LogP contribution < -0.4 is 5.73 Å². The zero-order valence-corrected chi connectivity index (χ0v) is 19.8. The van der Waals surface area contributed by atoms with Crippen LogP contribution in [0.5, 0.6) is 0 Å². The van der Waals surface area contributed by atoms with Crippen molar-refractivity contribution >= 4 is 0 Å². The van der Waals surface area contributed by atoms with Crippen LogP contribution in [0.1, 0.15) is 84.0 Å². The molecule has 0 aromatic carbocycles. The Morgan fingerprint density at radius 1 is 0.793 bits per heavy atom. The summed E-state index contributed by atoms with van der Waals surface area (Å²) in [6.07, 6.45) is 15.2. The molecule has 1 unspecified atom stereocenters. The summed E-state index contributed by atoms with van der Waals surface area (Å²) in [5.41, 5.74) is 5.57. The molecule has 174 valence electrons. The Hall–Kier alpha value is -0.200. The molecule has 1 saturated heterocycles. The molecule has 5 heteroatoms. The highest BCUT2D eigenvalue weighted by molar-refractivity contribution is 4.73. The van der Waals surface area contributed by atoms with Crippen LogP contribution in [0.4, 0.5) is 0 Å². The number of nitrogens with zero attached hydrogens (tertiary/aromatic N) is 3. The van der Waals surface area contributed by atoms with Crippen molar-refractivity contribution < 1.29 is 5.11 Å². The molecular formula is C24H52N4O. The topological polar surface area (TPSA) is 56.0 Å². The lowest BCUT2D eigenvalue weighted by atomic mass is 10.1. The molecule has 5 nitrogen and oxygen atoms in total. The van der Waals surface area contributed by atoms with Gasteiger partial charge in [-0.2, -0.15) is 0 Å². The lowest BCUT2D eigenvalue weighted by Crippen LogP contribution is -2.48. The fraction of sp³-hybridized carbons (Fsp3) is 1.00. The Morgan fingerprint density at radius 2 is 1.34 bits per heavy atom. The van der Waals surface area contributed by atoms with E-state index < -0.39 is 0 Å². The Labute approximate surface area is 182 Å². The summed E-state index contributed by atoms with van der Waals surface area (Å²) < 4.78 is 0. The smallest absolute Gasteiger partial charge is 0.0667 e. The molecule has 0 saturated carbocycles. The van der Waals surface area contributed by atoms with Crippen LogP contribution in [0.25, 0.3) is 0 Å². The molecule has 1 aliphatic rings. The van der Waals surface area contributed by atoms with E-state index in [4.69, 9.17) is 5.73 Å². The molecule has 0 radical (unpaired) electrons. The van der Waals surface area contributed by atoms with Crippen LogP contribution in [0.3, 0.4) is 0 Å². The van der Waals surface area contributed by atoms with Crippen molar-refractivity contribution in [2.75, 3.05) is 66.0 Å². The predicted octanol–water partition coefficient (Wildman–Crippen LogP) is 3.56. The number of piperazine rings is 1. The average Bonchev–Trinajstić information content (AvgIpc) is 2.72. The largest absolute Gasteiger partial charge is 0.392 e. The predicted molar refractivity (Wildman–Crippen MR) is 127 cm³/mol. The van der Waals surface area contributed by atoms with Crippen LogP contribution in [0, 0.1) is 0 Å². The van der Waals surface area contributed by atoms with E-state index >= 15 is 0 Å². The van der Waals surface area contributed by atoms with Crippen LogP contribution in [0.2, 0.25) is 0 Å². The SMILES string of the molecule is CCCCCCCCCCC(O)CN(C)CCN1CCN(CCCCCN)CC1. The van der Waals surface area contributed by atoms with Crippen LogP contribution in [-0.2, 0) is 0 Å². The quantitative estimate of drug-likeness (QED) is 0.318. The van der Waals surface area contributed by atoms with E-state index in [9.17, 15) is 5.11 Å². The standard InChI is InChI=1S/C24H52N4O/c1-3-4-5-6-7-8-9-11-14-24(29)23-26(2)17-18-28-21-19-27(20-22-28)16-13-10-12-15-25/h24,29H,3-23,25H2,1-2H3. The monoisotopic (exact) mass is 412 g/mol. The molecule has 29 heavy (non-hydrogen) atoms. The van der Waals surface area contributed by atoms with E-state index in [0.717, 1.165) is 39.0 Å². The van der Waals surface area contributed by atoms with Gasteiger partial charge in [0.25, 0.3) is 0 Å². The van der Waals surface area contributed by atoms with E-state index in [1.807, 2.05) is 0 Å². The van der Waals surface area contributed by atoms with E-state index in [0.29, 0.717) is 0 Å². The molecule has 0 aromatic heterocycles. The molecule has 1 atom stereocenters. The van der Waals surface area contributed by atoms with Crippen molar-refractivity contribution in [1.82, 2.24) is 14.7 Å². The van der Waals surface area contributed by atoms with Gasteiger partial charge in [-0.15, -0.1) is 0 Å². The van der Waals surface area contributed by atoms with Crippen molar-refractivity contribution in [2.24, 2.45) is 5.73 Å². The van der Waals surface area contributed by atoms with Crippen LogP contribution in [-0.4, -0.2) is 91.9 Å². The summed E-state index contributed by atoms with van der Waals surface area (Å²) in [6.45, 7) is 12.1. The summed E-state index contributed by atoms with van der Waals surface area (Å²) in [4.78, 5) is 7.50. The van der Waals surface area contributed by atoms with Crippen LogP contribution >= 0.6 is 0 Å². The highest BCUT2D eigenvalue weighted by Crippen LogP contribution is 2.11. The van der Waals surface area contributed by atoms with Gasteiger partial charge in [0.05, 0.1) is 6.10 Å². The van der Waals surface area contributed by atoms with Gasteiger partial charge in [-0.05, 0) is 39.4 Å². The summed E-state index contributed by atoms with van der Waals surface area (Å²) in [5, 5.41) is 10.3. The Balaban J connectivity index is 1.96. The van der Waals surface area contributed by atoms with Gasteiger partial charge in [0, 0.05) is 45.8 Å². The third-order valence-electron chi connectivity index (χ3n) is 6.35. The van der Waals surface area contributed by atoms with Crippen molar-refractivity contribution in [3.05, 3.63) is 0 Å². The van der Waals surface area contributed by atoms with E-state index in [1.165, 1.54) is 96.9 Å². The third-order valence-corrected chi connectivity index (χ3v) is 6.35. The van der Waals surface area contributed by atoms with E-state index in [2.05, 4.69) is 28.7 Å². The first kappa shape index (κ1) is 26.8. The average molecular weight is 413 g/mol. The number of aliphatic hydroxyl groups excluding tert-OH is 1. The number of rotatable bonds is 19. The minimum Gasteiger partial charge on any atom is -0.392 e. The summed E-state index contributed by atoms with van der Waals surface area (Å²) >= 11 is 0. The molecule has 0 aromatic rings. The van der Waals surface area contributed by atoms with Crippen molar-refractivity contribution in [3.63, 3.8) is 0 Å². The van der Waals surface area contributed by atoms with Gasteiger partial charge in [0.1, 0.15) is 0 Å². The van der Waals surface area contributed by atoms with Gasteiger partial charge in [-0.25, -0.2) is 0 Å². The molecular weight excluding hydrogens is 360 g/mol. The minimum atomic E-state index is -0.162. The van der Waals surface area contributed by atoms with Crippen LogP contribution in [0.15, 0.2) is 0 Å². The summed E-state index contributed by atoms with van der Waals surface area (Å²) in [7, 11) is 2.16. The Morgan fingerprint density at radius 3 is 1.97 bits per heavy atom. The zero-order chi connectivity index (χ0) is 21.2. The molecule has 0 aliphatic carbocycles. The molecule has 1 rings (SSSR count). The fourth-order valence-electron chi connectivity index (χ4n) is 4.26. The summed E-state index contributed by atoms with van der Waals surface area (Å²) in [5.74, 6) is 0. The minimum absolute atomic E-state index is 0.162. The normalized spacial score (nSPS) is 17.3. The number of likely N-dealkylation sites (N-methyl/N-ethyl adjacent to an activating group) is 1.